The fraction of sp³-hybridized carbons (Fsp3) is 0.222. The van der Waals surface area contributed by atoms with Gasteiger partial charge >= 0.3 is 0 Å². The minimum Gasteiger partial charge on any atom is -0.367 e. The van der Waals surface area contributed by atoms with Gasteiger partial charge in [0.25, 0.3) is 0 Å². The lowest BCUT2D eigenvalue weighted by atomic mass is 10.3. The lowest BCUT2D eigenvalue weighted by Gasteiger charge is -2.00. The van der Waals surface area contributed by atoms with Crippen LogP contribution in [0.25, 0.3) is 0 Å². The zero-order chi connectivity index (χ0) is 9.97. The van der Waals surface area contributed by atoms with Gasteiger partial charge in [-0.25, -0.2) is 9.67 Å². The molecule has 14 heavy (non-hydrogen) atoms. The van der Waals surface area contributed by atoms with E-state index in [1.165, 1.54) is 0 Å². The smallest absolute Gasteiger partial charge is 0.239 e. The molecule has 0 spiro atoms. The normalized spacial score (nSPS) is 10.4. The number of anilines is 1. The van der Waals surface area contributed by atoms with Crippen LogP contribution < -0.4 is 5.73 Å². The lowest BCUT2D eigenvalue weighted by Crippen LogP contribution is -2.03. The summed E-state index contributed by atoms with van der Waals surface area (Å²) in [4.78, 5) is 8.19. The molecule has 0 fully saturated rings. The van der Waals surface area contributed by atoms with E-state index in [9.17, 15) is 0 Å². The Bertz CT molecular complexity index is 434. The van der Waals surface area contributed by atoms with Crippen LogP contribution in [0.5, 0.6) is 0 Å². The molecule has 2 heterocycles. The molecule has 0 saturated heterocycles. The maximum Gasteiger partial charge on any atom is 0.239 e. The van der Waals surface area contributed by atoms with Gasteiger partial charge in [0.15, 0.2) is 0 Å². The minimum absolute atomic E-state index is 0.289. The van der Waals surface area contributed by atoms with E-state index in [4.69, 9.17) is 5.73 Å². The SMILES string of the molecule is Cc1cccc(Cn2cnc(N)n2)n1. The average molecular weight is 189 g/mol. The molecule has 0 atom stereocenters. The van der Waals surface area contributed by atoms with Crippen LogP contribution in [0.1, 0.15) is 11.4 Å². The Morgan fingerprint density at radius 1 is 1.43 bits per heavy atom. The van der Waals surface area contributed by atoms with Crippen LogP contribution in [-0.4, -0.2) is 19.7 Å². The number of rotatable bonds is 2. The largest absolute Gasteiger partial charge is 0.367 e. The van der Waals surface area contributed by atoms with Gasteiger partial charge in [0, 0.05) is 5.69 Å². The number of aryl methyl sites for hydroxylation is 1. The second-order valence-electron chi connectivity index (χ2n) is 3.07. The van der Waals surface area contributed by atoms with Crippen LogP contribution in [-0.2, 0) is 6.54 Å². The molecule has 72 valence electrons. The molecule has 2 N–H and O–H groups in total. The molecule has 2 rings (SSSR count). The molecule has 0 unspecified atom stereocenters. The summed E-state index contributed by atoms with van der Waals surface area (Å²) in [7, 11) is 0. The first-order valence-corrected chi connectivity index (χ1v) is 4.31. The summed E-state index contributed by atoms with van der Waals surface area (Å²) in [5.41, 5.74) is 7.35. The summed E-state index contributed by atoms with van der Waals surface area (Å²) in [6.45, 7) is 2.56. The van der Waals surface area contributed by atoms with E-state index >= 15 is 0 Å². The van der Waals surface area contributed by atoms with Gasteiger partial charge in [-0.15, -0.1) is 5.10 Å². The molecule has 0 amide bonds. The highest BCUT2D eigenvalue weighted by Gasteiger charge is 1.98. The van der Waals surface area contributed by atoms with Gasteiger partial charge in [-0.3, -0.25) is 4.98 Å². The Labute approximate surface area is 81.6 Å². The molecule has 0 aromatic carbocycles. The van der Waals surface area contributed by atoms with Gasteiger partial charge in [-0.1, -0.05) is 6.07 Å². The van der Waals surface area contributed by atoms with E-state index < -0.39 is 0 Å². The predicted octanol–water partition coefficient (Wildman–Crippen LogP) is 0.612. The zero-order valence-corrected chi connectivity index (χ0v) is 7.88. The fourth-order valence-electron chi connectivity index (χ4n) is 1.24. The van der Waals surface area contributed by atoms with Gasteiger partial charge in [0.05, 0.1) is 12.2 Å². The van der Waals surface area contributed by atoms with E-state index in [2.05, 4.69) is 15.1 Å². The monoisotopic (exact) mass is 189 g/mol. The maximum atomic E-state index is 5.40. The fourth-order valence-corrected chi connectivity index (χ4v) is 1.24. The van der Waals surface area contributed by atoms with E-state index in [0.717, 1.165) is 11.4 Å². The molecule has 0 aliphatic carbocycles. The number of pyridine rings is 1. The Kier molecular flexibility index (Phi) is 2.14. The second-order valence-corrected chi connectivity index (χ2v) is 3.07. The topological polar surface area (TPSA) is 69.6 Å². The van der Waals surface area contributed by atoms with Gasteiger partial charge in [0.1, 0.15) is 6.33 Å². The zero-order valence-electron chi connectivity index (χ0n) is 7.88. The van der Waals surface area contributed by atoms with Crippen molar-refractivity contribution in [3.8, 4) is 0 Å². The molecule has 0 aliphatic heterocycles. The Morgan fingerprint density at radius 3 is 2.93 bits per heavy atom. The van der Waals surface area contributed by atoms with Crippen LogP contribution >= 0.6 is 0 Å². The van der Waals surface area contributed by atoms with Gasteiger partial charge < -0.3 is 5.73 Å². The van der Waals surface area contributed by atoms with E-state index in [0.29, 0.717) is 6.54 Å². The maximum absolute atomic E-state index is 5.40. The molecular weight excluding hydrogens is 178 g/mol. The summed E-state index contributed by atoms with van der Waals surface area (Å²) in [5, 5.41) is 3.98. The Morgan fingerprint density at radius 2 is 2.29 bits per heavy atom. The summed E-state index contributed by atoms with van der Waals surface area (Å²) in [5.74, 6) is 0.289. The van der Waals surface area contributed by atoms with Crippen molar-refractivity contribution in [2.24, 2.45) is 0 Å². The van der Waals surface area contributed by atoms with Crippen molar-refractivity contribution in [2.75, 3.05) is 5.73 Å². The molecule has 2 aromatic rings. The number of nitrogens with zero attached hydrogens (tertiary/aromatic N) is 4. The summed E-state index contributed by atoms with van der Waals surface area (Å²) < 4.78 is 1.66. The first kappa shape index (κ1) is 8.68. The van der Waals surface area contributed by atoms with Crippen molar-refractivity contribution in [2.45, 2.75) is 13.5 Å². The standard InChI is InChI=1S/C9H11N5/c1-7-3-2-4-8(12-7)5-14-6-11-9(10)13-14/h2-4,6H,5H2,1H3,(H2,10,13). The molecule has 5 nitrogen and oxygen atoms in total. The third-order valence-corrected chi connectivity index (χ3v) is 1.82. The molecule has 0 bridgehead atoms. The van der Waals surface area contributed by atoms with Crippen molar-refractivity contribution < 1.29 is 0 Å². The van der Waals surface area contributed by atoms with Crippen molar-refractivity contribution in [1.82, 2.24) is 19.7 Å². The number of nitrogen functional groups attached to an aromatic ring is 1. The predicted molar refractivity (Wildman–Crippen MR) is 52.5 cm³/mol. The summed E-state index contributed by atoms with van der Waals surface area (Å²) >= 11 is 0. The van der Waals surface area contributed by atoms with Gasteiger partial charge in [0.2, 0.25) is 5.95 Å². The van der Waals surface area contributed by atoms with Crippen molar-refractivity contribution in [3.63, 3.8) is 0 Å². The Hall–Kier alpha value is -1.91. The van der Waals surface area contributed by atoms with Gasteiger partial charge in [-0.05, 0) is 19.1 Å². The van der Waals surface area contributed by atoms with Crippen LogP contribution in [0, 0.1) is 6.92 Å². The number of hydrogen-bond acceptors (Lipinski definition) is 4. The molecule has 0 saturated carbocycles. The van der Waals surface area contributed by atoms with Crippen LogP contribution in [0.15, 0.2) is 24.5 Å². The number of aromatic nitrogens is 4. The molecule has 5 heteroatoms. The summed E-state index contributed by atoms with van der Waals surface area (Å²) in [6, 6.07) is 5.88. The molecule has 0 aliphatic rings. The van der Waals surface area contributed by atoms with Crippen LogP contribution in [0.2, 0.25) is 0 Å². The average Bonchev–Trinajstić information content (AvgIpc) is 2.51. The van der Waals surface area contributed by atoms with Gasteiger partial charge in [-0.2, -0.15) is 0 Å². The van der Waals surface area contributed by atoms with Crippen molar-refractivity contribution in [1.29, 1.82) is 0 Å². The minimum atomic E-state index is 0.289. The Balaban J connectivity index is 2.18. The first-order valence-electron chi connectivity index (χ1n) is 4.31. The van der Waals surface area contributed by atoms with E-state index in [-0.39, 0.29) is 5.95 Å². The number of nitrogens with two attached hydrogens (primary N) is 1. The third kappa shape index (κ3) is 1.87. The van der Waals surface area contributed by atoms with Crippen molar-refractivity contribution >= 4 is 5.95 Å². The highest BCUT2D eigenvalue weighted by atomic mass is 15.4. The first-order chi connectivity index (χ1) is 6.74. The molecular formula is C9H11N5. The molecule has 2 aromatic heterocycles. The quantitative estimate of drug-likeness (QED) is 0.751. The second kappa shape index (κ2) is 3.45. The highest BCUT2D eigenvalue weighted by molar-refractivity contribution is 5.12. The third-order valence-electron chi connectivity index (χ3n) is 1.82. The summed E-state index contributed by atoms with van der Waals surface area (Å²) in [6.07, 6.45) is 1.60. The van der Waals surface area contributed by atoms with E-state index in [1.807, 2.05) is 25.1 Å². The lowest BCUT2D eigenvalue weighted by molar-refractivity contribution is 0.671. The number of hydrogen-bond donors (Lipinski definition) is 1. The van der Waals surface area contributed by atoms with Crippen LogP contribution in [0.3, 0.4) is 0 Å². The van der Waals surface area contributed by atoms with Crippen molar-refractivity contribution in [3.05, 3.63) is 35.9 Å². The highest BCUT2D eigenvalue weighted by Crippen LogP contribution is 2.00. The van der Waals surface area contributed by atoms with Crippen LogP contribution in [0.4, 0.5) is 5.95 Å². The molecule has 0 radical (unpaired) electrons. The van der Waals surface area contributed by atoms with E-state index in [1.54, 1.807) is 11.0 Å².